The van der Waals surface area contributed by atoms with Gasteiger partial charge < -0.3 is 5.73 Å². The Bertz CT molecular complexity index is 424. The molecule has 0 radical (unpaired) electrons. The van der Waals surface area contributed by atoms with Crippen LogP contribution in [0.2, 0.25) is 0 Å². The summed E-state index contributed by atoms with van der Waals surface area (Å²) in [5, 5.41) is 7.41. The molecule has 1 aromatic carbocycles. The average Bonchev–Trinajstić information content (AvgIpc) is 2.82. The van der Waals surface area contributed by atoms with Gasteiger partial charge in [0.2, 0.25) is 0 Å². The van der Waals surface area contributed by atoms with Crippen LogP contribution in [-0.2, 0) is 0 Å². The molecule has 0 bridgehead atoms. The number of aromatic amines is 1. The van der Waals surface area contributed by atoms with Crippen molar-refractivity contribution in [3.63, 3.8) is 0 Å². The fourth-order valence-electron chi connectivity index (χ4n) is 1.37. The molecular weight excluding hydrogens is 220 g/mol. The van der Waals surface area contributed by atoms with Crippen LogP contribution in [0, 0.1) is 0 Å². The van der Waals surface area contributed by atoms with Crippen molar-refractivity contribution in [3.05, 3.63) is 36.2 Å². The maximum Gasteiger partial charge on any atom is 0.188 e. The summed E-state index contributed by atoms with van der Waals surface area (Å²) in [7, 11) is 0. The molecule has 0 unspecified atom stereocenters. The van der Waals surface area contributed by atoms with Crippen molar-refractivity contribution in [2.24, 2.45) is 5.73 Å². The van der Waals surface area contributed by atoms with Crippen molar-refractivity contribution in [2.75, 3.05) is 0 Å². The first-order chi connectivity index (χ1) is 7.79. The molecule has 84 valence electrons. The van der Waals surface area contributed by atoms with E-state index in [4.69, 9.17) is 5.73 Å². The monoisotopic (exact) mass is 234 g/mol. The molecule has 2 aromatic rings. The van der Waals surface area contributed by atoms with Gasteiger partial charge in [-0.2, -0.15) is 5.10 Å². The lowest BCUT2D eigenvalue weighted by Gasteiger charge is -2.09. The van der Waals surface area contributed by atoms with Gasteiger partial charge in [0.1, 0.15) is 6.33 Å². The molecule has 5 heteroatoms. The van der Waals surface area contributed by atoms with Gasteiger partial charge in [-0.1, -0.05) is 30.8 Å². The maximum atomic E-state index is 5.95. The van der Waals surface area contributed by atoms with Crippen LogP contribution in [0.15, 0.2) is 40.6 Å². The molecule has 16 heavy (non-hydrogen) atoms. The van der Waals surface area contributed by atoms with Gasteiger partial charge >= 0.3 is 0 Å². The number of nitrogens with one attached hydrogen (secondary N) is 1. The summed E-state index contributed by atoms with van der Waals surface area (Å²) >= 11 is 1.55. The first-order valence-corrected chi connectivity index (χ1v) is 6.00. The van der Waals surface area contributed by atoms with E-state index < -0.39 is 0 Å². The molecule has 1 atom stereocenters. The van der Waals surface area contributed by atoms with Gasteiger partial charge in [-0.05, 0) is 24.1 Å². The van der Waals surface area contributed by atoms with E-state index in [0.717, 1.165) is 16.5 Å². The number of nitrogens with zero attached hydrogens (tertiary/aromatic N) is 2. The summed E-state index contributed by atoms with van der Waals surface area (Å²) in [5.41, 5.74) is 7.12. The van der Waals surface area contributed by atoms with Gasteiger partial charge in [0.05, 0.1) is 0 Å². The molecule has 0 aliphatic carbocycles. The van der Waals surface area contributed by atoms with E-state index in [9.17, 15) is 0 Å². The van der Waals surface area contributed by atoms with Crippen LogP contribution in [-0.4, -0.2) is 15.2 Å². The Morgan fingerprint density at radius 1 is 1.38 bits per heavy atom. The minimum absolute atomic E-state index is 0.129. The van der Waals surface area contributed by atoms with E-state index >= 15 is 0 Å². The molecule has 2 rings (SSSR count). The van der Waals surface area contributed by atoms with Crippen molar-refractivity contribution in [2.45, 2.75) is 29.4 Å². The van der Waals surface area contributed by atoms with Crippen molar-refractivity contribution in [3.8, 4) is 0 Å². The van der Waals surface area contributed by atoms with Crippen LogP contribution >= 0.6 is 11.8 Å². The van der Waals surface area contributed by atoms with Crippen LogP contribution in [0.1, 0.15) is 24.9 Å². The zero-order valence-electron chi connectivity index (χ0n) is 9.05. The summed E-state index contributed by atoms with van der Waals surface area (Å²) in [6.07, 6.45) is 2.46. The SMILES string of the molecule is CC[C@H](N)c1ccc(Sc2ncn[nH]2)cc1. The summed E-state index contributed by atoms with van der Waals surface area (Å²) in [4.78, 5) is 5.19. The van der Waals surface area contributed by atoms with Crippen molar-refractivity contribution >= 4 is 11.8 Å². The van der Waals surface area contributed by atoms with E-state index in [1.807, 2.05) is 0 Å². The Kier molecular flexibility index (Phi) is 3.58. The molecule has 0 amide bonds. The second-order valence-corrected chi connectivity index (χ2v) is 4.54. The molecule has 0 saturated carbocycles. The minimum atomic E-state index is 0.129. The zero-order valence-corrected chi connectivity index (χ0v) is 9.87. The first kappa shape index (κ1) is 11.2. The lowest BCUT2D eigenvalue weighted by molar-refractivity contribution is 0.698. The lowest BCUT2D eigenvalue weighted by Crippen LogP contribution is -2.07. The first-order valence-electron chi connectivity index (χ1n) is 5.18. The number of hydrogen-bond donors (Lipinski definition) is 2. The van der Waals surface area contributed by atoms with Crippen molar-refractivity contribution in [1.82, 2.24) is 15.2 Å². The third-order valence-electron chi connectivity index (χ3n) is 2.36. The fourth-order valence-corrected chi connectivity index (χ4v) is 2.07. The van der Waals surface area contributed by atoms with Gasteiger partial charge in [0.25, 0.3) is 0 Å². The highest BCUT2D eigenvalue weighted by Crippen LogP contribution is 2.25. The standard InChI is InChI=1S/C11H14N4S/c1-2-10(12)8-3-5-9(6-4-8)16-11-13-7-14-15-11/h3-7,10H,2,12H2,1H3,(H,13,14,15)/t10-/m0/s1. The fraction of sp³-hybridized carbons (Fsp3) is 0.273. The van der Waals surface area contributed by atoms with E-state index in [0.29, 0.717) is 0 Å². The second-order valence-electron chi connectivity index (χ2n) is 3.48. The number of hydrogen-bond acceptors (Lipinski definition) is 4. The quantitative estimate of drug-likeness (QED) is 0.852. The topological polar surface area (TPSA) is 67.6 Å². The third-order valence-corrected chi connectivity index (χ3v) is 3.25. The second kappa shape index (κ2) is 5.14. The molecule has 0 fully saturated rings. The van der Waals surface area contributed by atoms with E-state index in [1.54, 1.807) is 11.8 Å². The van der Waals surface area contributed by atoms with Crippen LogP contribution in [0.5, 0.6) is 0 Å². The molecule has 1 heterocycles. The van der Waals surface area contributed by atoms with Gasteiger partial charge in [-0.15, -0.1) is 0 Å². The number of H-pyrrole nitrogens is 1. The predicted molar refractivity (Wildman–Crippen MR) is 64.2 cm³/mol. The number of benzene rings is 1. The molecule has 0 saturated heterocycles. The Hall–Kier alpha value is -1.33. The van der Waals surface area contributed by atoms with Crippen LogP contribution < -0.4 is 5.73 Å². The highest BCUT2D eigenvalue weighted by Gasteiger charge is 2.04. The molecule has 4 nitrogen and oxygen atoms in total. The highest BCUT2D eigenvalue weighted by atomic mass is 32.2. The van der Waals surface area contributed by atoms with Crippen LogP contribution in [0.3, 0.4) is 0 Å². The summed E-state index contributed by atoms with van der Waals surface area (Å²) in [6, 6.07) is 8.36. The van der Waals surface area contributed by atoms with Crippen molar-refractivity contribution < 1.29 is 0 Å². The lowest BCUT2D eigenvalue weighted by atomic mass is 10.1. The van der Waals surface area contributed by atoms with E-state index in [-0.39, 0.29) is 6.04 Å². The normalized spacial score (nSPS) is 12.6. The largest absolute Gasteiger partial charge is 0.324 e. The summed E-state index contributed by atoms with van der Waals surface area (Å²) in [6.45, 7) is 2.09. The number of rotatable bonds is 4. The highest BCUT2D eigenvalue weighted by molar-refractivity contribution is 7.99. The molecule has 1 aromatic heterocycles. The maximum absolute atomic E-state index is 5.95. The molecule has 0 spiro atoms. The Labute approximate surface area is 98.7 Å². The zero-order chi connectivity index (χ0) is 11.4. The third kappa shape index (κ3) is 2.62. The smallest absolute Gasteiger partial charge is 0.188 e. The minimum Gasteiger partial charge on any atom is -0.324 e. The predicted octanol–water partition coefficient (Wildman–Crippen LogP) is 2.37. The van der Waals surface area contributed by atoms with E-state index in [2.05, 4.69) is 46.4 Å². The molecule has 0 aliphatic rings. The average molecular weight is 234 g/mol. The molecule has 3 N–H and O–H groups in total. The van der Waals surface area contributed by atoms with Gasteiger partial charge in [0, 0.05) is 10.9 Å². The Balaban J connectivity index is 2.07. The van der Waals surface area contributed by atoms with Crippen LogP contribution in [0.4, 0.5) is 0 Å². The number of nitrogens with two attached hydrogens (primary N) is 1. The van der Waals surface area contributed by atoms with Crippen molar-refractivity contribution in [1.29, 1.82) is 0 Å². The molecular formula is C11H14N4S. The van der Waals surface area contributed by atoms with Gasteiger partial charge in [0.15, 0.2) is 5.16 Å². The summed E-state index contributed by atoms with van der Waals surface area (Å²) < 4.78 is 0. The van der Waals surface area contributed by atoms with E-state index in [1.165, 1.54) is 11.9 Å². The Morgan fingerprint density at radius 2 is 2.12 bits per heavy atom. The molecule has 0 aliphatic heterocycles. The Morgan fingerprint density at radius 3 is 2.69 bits per heavy atom. The number of aromatic nitrogens is 3. The van der Waals surface area contributed by atoms with Gasteiger partial charge in [-0.3, -0.25) is 5.10 Å². The van der Waals surface area contributed by atoms with Gasteiger partial charge in [-0.25, -0.2) is 4.98 Å². The van der Waals surface area contributed by atoms with Crippen LogP contribution in [0.25, 0.3) is 0 Å². The summed E-state index contributed by atoms with van der Waals surface area (Å²) in [5.74, 6) is 0.